The number of fused-ring (bicyclic) bond motifs is 1. The summed E-state index contributed by atoms with van der Waals surface area (Å²) in [4.78, 5) is 18.6. The molecule has 10 heteroatoms. The minimum Gasteiger partial charge on any atom is -0.493 e. The molecule has 1 N–H and O–H groups in total. The van der Waals surface area contributed by atoms with Gasteiger partial charge < -0.3 is 19.2 Å². The first-order chi connectivity index (χ1) is 18.9. The van der Waals surface area contributed by atoms with Crippen LogP contribution in [0.25, 0.3) is 10.9 Å². The summed E-state index contributed by atoms with van der Waals surface area (Å²) in [7, 11) is 4.92. The van der Waals surface area contributed by atoms with Crippen molar-refractivity contribution in [1.29, 1.82) is 0 Å². The van der Waals surface area contributed by atoms with E-state index in [4.69, 9.17) is 14.2 Å². The summed E-state index contributed by atoms with van der Waals surface area (Å²) in [5.41, 5.74) is 4.83. The number of nitrogens with zero attached hydrogens (tertiary/aromatic N) is 5. The van der Waals surface area contributed by atoms with Crippen LogP contribution in [0.1, 0.15) is 47.5 Å². The highest BCUT2D eigenvalue weighted by Gasteiger charge is 2.26. The number of aromatic nitrogens is 5. The number of hydrogen-bond acceptors (Lipinski definition) is 8. The van der Waals surface area contributed by atoms with Crippen LogP contribution in [0.15, 0.2) is 41.2 Å². The van der Waals surface area contributed by atoms with E-state index in [1.54, 1.807) is 26.0 Å². The number of tetrazole rings is 1. The zero-order valence-corrected chi connectivity index (χ0v) is 23.7. The third-order valence-electron chi connectivity index (χ3n) is 7.09. The number of rotatable bonds is 13. The monoisotopic (exact) mass is 534 g/mol. The highest BCUT2D eigenvalue weighted by Crippen LogP contribution is 2.29. The number of benzene rings is 2. The molecule has 2 aromatic carbocycles. The smallest absolute Gasteiger partial charge is 0.252 e. The van der Waals surface area contributed by atoms with E-state index in [2.05, 4.69) is 45.3 Å². The van der Waals surface area contributed by atoms with Crippen molar-refractivity contribution in [3.63, 3.8) is 0 Å². The molecular weight excluding hydrogens is 496 g/mol. The van der Waals surface area contributed by atoms with Gasteiger partial charge in [-0.1, -0.05) is 19.1 Å². The maximum atomic E-state index is 13.3. The molecule has 2 heterocycles. The zero-order chi connectivity index (χ0) is 27.9. The van der Waals surface area contributed by atoms with Gasteiger partial charge in [0.05, 0.1) is 33.4 Å². The summed E-state index contributed by atoms with van der Waals surface area (Å²) in [6.07, 6.45) is 1.50. The van der Waals surface area contributed by atoms with E-state index >= 15 is 0 Å². The van der Waals surface area contributed by atoms with Crippen LogP contribution in [-0.2, 0) is 24.2 Å². The highest BCUT2D eigenvalue weighted by molar-refractivity contribution is 5.83. The summed E-state index contributed by atoms with van der Waals surface area (Å²) in [5, 5.41) is 13.6. The van der Waals surface area contributed by atoms with Crippen LogP contribution in [0, 0.1) is 13.8 Å². The number of methoxy groups -OCH3 is 3. The number of nitrogens with one attached hydrogen (secondary N) is 1. The van der Waals surface area contributed by atoms with Crippen molar-refractivity contribution in [3.8, 4) is 11.5 Å². The number of pyridine rings is 1. The van der Waals surface area contributed by atoms with Gasteiger partial charge in [-0.15, -0.1) is 5.10 Å². The molecule has 0 bridgehead atoms. The first-order valence-electron chi connectivity index (χ1n) is 13.2. The fourth-order valence-electron chi connectivity index (χ4n) is 5.10. The van der Waals surface area contributed by atoms with E-state index in [1.165, 1.54) is 0 Å². The van der Waals surface area contributed by atoms with E-state index in [9.17, 15) is 4.79 Å². The first-order valence-corrected chi connectivity index (χ1v) is 13.2. The standard InChI is InChI=1S/C29H38N6O4/c1-7-25(28-31-32-33-35(28)12-13-37-4)34(11-10-21-8-9-26(38-5)27(16-21)39-6)18-22-17-23-20(3)14-19(2)15-24(23)30-29(22)36/h8-9,14-17,25H,7,10-13,18H2,1-6H3,(H,30,36). The Morgan fingerprint density at radius 2 is 1.85 bits per heavy atom. The summed E-state index contributed by atoms with van der Waals surface area (Å²) in [5.74, 6) is 2.13. The Bertz CT molecular complexity index is 1460. The zero-order valence-electron chi connectivity index (χ0n) is 23.7. The predicted molar refractivity (Wildman–Crippen MR) is 150 cm³/mol. The topological polar surface area (TPSA) is 107 Å². The number of hydrogen-bond donors (Lipinski definition) is 1. The van der Waals surface area contributed by atoms with Crippen molar-refractivity contribution < 1.29 is 14.2 Å². The Morgan fingerprint density at radius 3 is 2.56 bits per heavy atom. The molecule has 4 rings (SSSR count). The molecule has 0 radical (unpaired) electrons. The lowest BCUT2D eigenvalue weighted by Gasteiger charge is -2.30. The Hall–Kier alpha value is -3.76. The first kappa shape index (κ1) is 28.3. The lowest BCUT2D eigenvalue weighted by Crippen LogP contribution is -2.34. The average Bonchev–Trinajstić information content (AvgIpc) is 3.39. The molecule has 1 unspecified atom stereocenters. The van der Waals surface area contributed by atoms with Gasteiger partial charge in [-0.05, 0) is 78.1 Å². The second-order valence-electron chi connectivity index (χ2n) is 9.75. The van der Waals surface area contributed by atoms with Gasteiger partial charge in [0.25, 0.3) is 5.56 Å². The third kappa shape index (κ3) is 6.46. The lowest BCUT2D eigenvalue weighted by atomic mass is 10.0. The maximum Gasteiger partial charge on any atom is 0.252 e. The molecule has 208 valence electrons. The van der Waals surface area contributed by atoms with Crippen molar-refractivity contribution in [3.05, 3.63) is 74.8 Å². The molecule has 0 spiro atoms. The van der Waals surface area contributed by atoms with Gasteiger partial charge in [0, 0.05) is 36.7 Å². The Morgan fingerprint density at radius 1 is 1.05 bits per heavy atom. The van der Waals surface area contributed by atoms with Crippen LogP contribution in [0.2, 0.25) is 0 Å². The summed E-state index contributed by atoms with van der Waals surface area (Å²) < 4.78 is 18.0. The largest absolute Gasteiger partial charge is 0.493 e. The third-order valence-corrected chi connectivity index (χ3v) is 7.09. The highest BCUT2D eigenvalue weighted by atomic mass is 16.5. The van der Waals surface area contributed by atoms with E-state index in [0.29, 0.717) is 43.3 Å². The molecule has 1 atom stereocenters. The predicted octanol–water partition coefficient (Wildman–Crippen LogP) is 3.99. The van der Waals surface area contributed by atoms with Gasteiger partial charge in [0.15, 0.2) is 17.3 Å². The van der Waals surface area contributed by atoms with Crippen LogP contribution in [0.4, 0.5) is 0 Å². The Labute approximate surface area is 228 Å². The molecule has 4 aromatic rings. The SMILES string of the molecule is CCC(c1nnnn1CCOC)N(CCc1ccc(OC)c(OC)c1)Cc1cc2c(C)cc(C)cc2[nH]c1=O. The molecule has 10 nitrogen and oxygen atoms in total. The van der Waals surface area contributed by atoms with Gasteiger partial charge in [0.1, 0.15) is 0 Å². The quantitative estimate of drug-likeness (QED) is 0.274. The fourth-order valence-corrected chi connectivity index (χ4v) is 5.10. The van der Waals surface area contributed by atoms with Crippen molar-refractivity contribution in [2.24, 2.45) is 0 Å². The second kappa shape index (κ2) is 12.9. The molecule has 0 aliphatic heterocycles. The molecule has 0 fully saturated rings. The van der Waals surface area contributed by atoms with Gasteiger partial charge >= 0.3 is 0 Å². The van der Waals surface area contributed by atoms with Gasteiger partial charge in [-0.2, -0.15) is 0 Å². The summed E-state index contributed by atoms with van der Waals surface area (Å²) >= 11 is 0. The molecule has 0 saturated carbocycles. The Balaban J connectivity index is 1.70. The van der Waals surface area contributed by atoms with Crippen LogP contribution < -0.4 is 15.0 Å². The normalized spacial score (nSPS) is 12.3. The lowest BCUT2D eigenvalue weighted by molar-refractivity contribution is 0.158. The van der Waals surface area contributed by atoms with Gasteiger partial charge in [-0.25, -0.2) is 4.68 Å². The van der Waals surface area contributed by atoms with Crippen LogP contribution in [-0.4, -0.2) is 64.6 Å². The molecule has 0 saturated heterocycles. The van der Waals surface area contributed by atoms with Crippen molar-refractivity contribution in [1.82, 2.24) is 30.1 Å². The average molecular weight is 535 g/mol. The van der Waals surface area contributed by atoms with E-state index < -0.39 is 0 Å². The van der Waals surface area contributed by atoms with Crippen LogP contribution >= 0.6 is 0 Å². The summed E-state index contributed by atoms with van der Waals surface area (Å²) in [6, 6.07) is 12.0. The van der Waals surface area contributed by atoms with Gasteiger partial charge in [0.2, 0.25) is 0 Å². The Kier molecular flexibility index (Phi) is 9.32. The molecule has 0 amide bonds. The molecule has 0 aliphatic carbocycles. The molecular formula is C29H38N6O4. The molecule has 39 heavy (non-hydrogen) atoms. The minimum absolute atomic E-state index is 0.0857. The van der Waals surface area contributed by atoms with Crippen molar-refractivity contribution in [2.45, 2.75) is 52.7 Å². The number of aromatic amines is 1. The van der Waals surface area contributed by atoms with E-state index in [1.807, 2.05) is 37.3 Å². The number of H-pyrrole nitrogens is 1. The molecule has 0 aliphatic rings. The van der Waals surface area contributed by atoms with Crippen LogP contribution in [0.5, 0.6) is 11.5 Å². The molecule has 2 aromatic heterocycles. The van der Waals surface area contributed by atoms with Crippen molar-refractivity contribution >= 4 is 10.9 Å². The van der Waals surface area contributed by atoms with E-state index in [0.717, 1.165) is 46.3 Å². The van der Waals surface area contributed by atoms with Crippen molar-refractivity contribution in [2.75, 3.05) is 34.5 Å². The fraction of sp³-hybridized carbons (Fsp3) is 0.448. The van der Waals surface area contributed by atoms with E-state index in [-0.39, 0.29) is 11.6 Å². The number of aryl methyl sites for hydroxylation is 2. The van der Waals surface area contributed by atoms with Crippen LogP contribution in [0.3, 0.4) is 0 Å². The summed E-state index contributed by atoms with van der Waals surface area (Å²) in [6.45, 7) is 8.40. The maximum absolute atomic E-state index is 13.3. The van der Waals surface area contributed by atoms with Gasteiger partial charge in [-0.3, -0.25) is 9.69 Å². The second-order valence-corrected chi connectivity index (χ2v) is 9.75. The minimum atomic E-state index is -0.105. The number of ether oxygens (including phenoxy) is 3.